The third-order valence-corrected chi connectivity index (χ3v) is 3.14. The molecule has 0 radical (unpaired) electrons. The predicted octanol–water partition coefficient (Wildman–Crippen LogP) is 2.79. The summed E-state index contributed by atoms with van der Waals surface area (Å²) >= 11 is 0. The molecule has 3 aromatic rings. The molecule has 0 unspecified atom stereocenters. The first-order chi connectivity index (χ1) is 9.81. The second kappa shape index (κ2) is 5.28. The van der Waals surface area contributed by atoms with Gasteiger partial charge in [0.05, 0.1) is 11.4 Å². The number of hydrogen-bond donors (Lipinski definition) is 1. The summed E-state index contributed by atoms with van der Waals surface area (Å²) < 4.78 is 2.04. The summed E-state index contributed by atoms with van der Waals surface area (Å²) in [5, 5.41) is 3.26. The van der Waals surface area contributed by atoms with E-state index in [1.165, 1.54) is 0 Å². The Kier molecular flexibility index (Phi) is 3.33. The smallest absolute Gasteiger partial charge is 0.137 e. The molecule has 0 atom stereocenters. The summed E-state index contributed by atoms with van der Waals surface area (Å²) in [5.41, 5.74) is 2.86. The van der Waals surface area contributed by atoms with Gasteiger partial charge in [-0.2, -0.15) is 0 Å². The average molecular weight is 267 g/mol. The molecule has 0 spiro atoms. The number of fused-ring (bicyclic) bond motifs is 1. The van der Waals surface area contributed by atoms with Crippen molar-refractivity contribution >= 4 is 11.5 Å². The molecular weight excluding hydrogens is 250 g/mol. The number of pyridine rings is 1. The highest BCUT2D eigenvalue weighted by atomic mass is 15.0. The second-order valence-electron chi connectivity index (χ2n) is 4.51. The van der Waals surface area contributed by atoms with E-state index in [9.17, 15) is 0 Å². The minimum Gasteiger partial charge on any atom is -0.370 e. The Morgan fingerprint density at radius 1 is 1.20 bits per heavy atom. The maximum atomic E-state index is 4.63. The first kappa shape index (κ1) is 12.6. The van der Waals surface area contributed by atoms with E-state index < -0.39 is 0 Å². The van der Waals surface area contributed by atoms with Crippen molar-refractivity contribution in [3.8, 4) is 11.4 Å². The minimum atomic E-state index is 0.812. The summed E-state index contributed by atoms with van der Waals surface area (Å²) in [4.78, 5) is 13.4. The fourth-order valence-corrected chi connectivity index (χ4v) is 2.21. The van der Waals surface area contributed by atoms with Crippen LogP contribution in [0.3, 0.4) is 0 Å². The third-order valence-electron chi connectivity index (χ3n) is 3.14. The van der Waals surface area contributed by atoms with Gasteiger partial charge in [0.1, 0.15) is 17.3 Å². The van der Waals surface area contributed by atoms with Crippen molar-refractivity contribution in [2.45, 2.75) is 20.3 Å². The van der Waals surface area contributed by atoms with Crippen LogP contribution in [0.4, 0.5) is 5.82 Å². The molecule has 0 amide bonds. The van der Waals surface area contributed by atoms with Gasteiger partial charge in [-0.1, -0.05) is 13.0 Å². The van der Waals surface area contributed by atoms with Gasteiger partial charge >= 0.3 is 0 Å². The molecule has 3 heterocycles. The molecule has 0 aliphatic heterocycles. The van der Waals surface area contributed by atoms with E-state index in [1.807, 2.05) is 34.9 Å². The van der Waals surface area contributed by atoms with E-state index in [1.54, 1.807) is 6.20 Å². The SMILES string of the molecule is CCNc1cc(-c2cccc3nccn23)nc(CC)n1. The zero-order valence-electron chi connectivity index (χ0n) is 11.7. The van der Waals surface area contributed by atoms with Crippen LogP contribution in [-0.4, -0.2) is 25.9 Å². The number of rotatable bonds is 4. The lowest BCUT2D eigenvalue weighted by atomic mass is 10.2. The monoisotopic (exact) mass is 267 g/mol. The maximum Gasteiger partial charge on any atom is 0.137 e. The normalized spacial score (nSPS) is 10.9. The highest BCUT2D eigenvalue weighted by Gasteiger charge is 2.08. The summed E-state index contributed by atoms with van der Waals surface area (Å²) in [6, 6.07) is 8.01. The first-order valence-corrected chi connectivity index (χ1v) is 6.86. The minimum absolute atomic E-state index is 0.812. The quantitative estimate of drug-likeness (QED) is 0.789. The second-order valence-corrected chi connectivity index (χ2v) is 4.51. The van der Waals surface area contributed by atoms with E-state index in [-0.39, 0.29) is 0 Å². The molecule has 1 N–H and O–H groups in total. The summed E-state index contributed by atoms with van der Waals surface area (Å²) in [6.45, 7) is 4.96. The number of aromatic nitrogens is 4. The van der Waals surface area contributed by atoms with Gasteiger partial charge in [0.15, 0.2) is 0 Å². The molecule has 0 aliphatic carbocycles. The van der Waals surface area contributed by atoms with Crippen molar-refractivity contribution in [2.24, 2.45) is 0 Å². The standard InChI is InChI=1S/C15H17N5/c1-3-13-18-11(10-14(19-13)16-4-2)12-6-5-7-15-17-8-9-20(12)15/h5-10H,3-4H2,1-2H3,(H,16,18,19). The maximum absolute atomic E-state index is 4.63. The van der Waals surface area contributed by atoms with Crippen molar-refractivity contribution in [1.29, 1.82) is 0 Å². The van der Waals surface area contributed by atoms with Crippen LogP contribution in [0.1, 0.15) is 19.7 Å². The zero-order chi connectivity index (χ0) is 13.9. The highest BCUT2D eigenvalue weighted by molar-refractivity contribution is 5.62. The van der Waals surface area contributed by atoms with Crippen LogP contribution in [0.15, 0.2) is 36.7 Å². The number of imidazole rings is 1. The van der Waals surface area contributed by atoms with Crippen LogP contribution in [0.5, 0.6) is 0 Å². The average Bonchev–Trinajstić information content (AvgIpc) is 2.95. The van der Waals surface area contributed by atoms with E-state index >= 15 is 0 Å². The van der Waals surface area contributed by atoms with Crippen LogP contribution < -0.4 is 5.32 Å². The van der Waals surface area contributed by atoms with E-state index in [0.29, 0.717) is 0 Å². The predicted molar refractivity (Wildman–Crippen MR) is 79.8 cm³/mol. The molecule has 5 heteroatoms. The Balaban J connectivity index is 2.17. The number of hydrogen-bond acceptors (Lipinski definition) is 4. The number of nitrogens with zero attached hydrogens (tertiary/aromatic N) is 4. The van der Waals surface area contributed by atoms with Crippen LogP contribution in [-0.2, 0) is 6.42 Å². The van der Waals surface area contributed by atoms with E-state index in [2.05, 4.69) is 34.1 Å². The molecule has 0 aliphatic rings. The molecule has 102 valence electrons. The highest BCUT2D eigenvalue weighted by Crippen LogP contribution is 2.21. The molecule has 20 heavy (non-hydrogen) atoms. The van der Waals surface area contributed by atoms with Crippen molar-refractivity contribution in [2.75, 3.05) is 11.9 Å². The van der Waals surface area contributed by atoms with Crippen molar-refractivity contribution in [3.63, 3.8) is 0 Å². The number of anilines is 1. The summed E-state index contributed by atoms with van der Waals surface area (Å²) in [5.74, 6) is 1.71. The van der Waals surface area contributed by atoms with Gasteiger partial charge in [-0.3, -0.25) is 4.40 Å². The van der Waals surface area contributed by atoms with Gasteiger partial charge in [-0.05, 0) is 19.1 Å². The Morgan fingerprint density at radius 3 is 2.90 bits per heavy atom. The molecule has 0 saturated carbocycles. The number of aryl methyl sites for hydroxylation is 1. The largest absolute Gasteiger partial charge is 0.370 e. The molecule has 0 saturated heterocycles. The third kappa shape index (κ3) is 2.22. The van der Waals surface area contributed by atoms with Crippen LogP contribution in [0, 0.1) is 0 Å². The van der Waals surface area contributed by atoms with Crippen molar-refractivity contribution in [3.05, 3.63) is 42.5 Å². The molecule has 3 rings (SSSR count). The Morgan fingerprint density at radius 2 is 2.10 bits per heavy atom. The molecule has 3 aromatic heterocycles. The lowest BCUT2D eigenvalue weighted by molar-refractivity contribution is 0.935. The fourth-order valence-electron chi connectivity index (χ4n) is 2.21. The molecule has 0 bridgehead atoms. The van der Waals surface area contributed by atoms with E-state index in [4.69, 9.17) is 0 Å². The molecule has 0 fully saturated rings. The lowest BCUT2D eigenvalue weighted by Crippen LogP contribution is -2.05. The van der Waals surface area contributed by atoms with Crippen molar-refractivity contribution in [1.82, 2.24) is 19.4 Å². The topological polar surface area (TPSA) is 55.1 Å². The van der Waals surface area contributed by atoms with Crippen LogP contribution >= 0.6 is 0 Å². The van der Waals surface area contributed by atoms with Gasteiger partial charge in [-0.25, -0.2) is 15.0 Å². The van der Waals surface area contributed by atoms with E-state index in [0.717, 1.165) is 41.6 Å². The van der Waals surface area contributed by atoms with Crippen LogP contribution in [0.2, 0.25) is 0 Å². The Hall–Kier alpha value is -2.43. The van der Waals surface area contributed by atoms with Gasteiger partial charge in [0, 0.05) is 31.4 Å². The summed E-state index contributed by atoms with van der Waals surface area (Å²) in [7, 11) is 0. The van der Waals surface area contributed by atoms with Gasteiger partial charge in [0.25, 0.3) is 0 Å². The van der Waals surface area contributed by atoms with Crippen LogP contribution in [0.25, 0.3) is 17.0 Å². The van der Waals surface area contributed by atoms with Gasteiger partial charge < -0.3 is 5.32 Å². The lowest BCUT2D eigenvalue weighted by Gasteiger charge is -2.09. The summed E-state index contributed by atoms with van der Waals surface area (Å²) in [6.07, 6.45) is 4.56. The molecule has 5 nitrogen and oxygen atoms in total. The zero-order valence-corrected chi connectivity index (χ0v) is 11.7. The Labute approximate surface area is 117 Å². The fraction of sp³-hybridized carbons (Fsp3) is 0.267. The first-order valence-electron chi connectivity index (χ1n) is 6.86. The number of nitrogens with one attached hydrogen (secondary N) is 1. The van der Waals surface area contributed by atoms with Crippen molar-refractivity contribution < 1.29 is 0 Å². The Bertz CT molecular complexity index is 732. The van der Waals surface area contributed by atoms with Gasteiger partial charge in [0.2, 0.25) is 0 Å². The molecular formula is C15H17N5. The van der Waals surface area contributed by atoms with Gasteiger partial charge in [-0.15, -0.1) is 0 Å². The molecule has 0 aromatic carbocycles.